The Hall–Kier alpha value is -0.930. The zero-order valence-electron chi connectivity index (χ0n) is 13.0. The second-order valence-corrected chi connectivity index (χ2v) is 6.36. The smallest absolute Gasteiger partial charge is 0.0967 e. The predicted octanol–water partition coefficient (Wildman–Crippen LogP) is 4.21. The molecular weight excluding hydrogens is 265 g/mol. The average molecular weight is 291 g/mol. The number of benzene rings is 1. The summed E-state index contributed by atoms with van der Waals surface area (Å²) >= 11 is 0. The standard InChI is InChI=1S/C18H26FNO/c1-2-3-12-20-13-9-18(10-14-20)16-7-5-4-6-15(16)17(21-18)8-11-19/h4-7,17H,2-3,8-14H2,1H3. The van der Waals surface area contributed by atoms with E-state index in [1.807, 2.05) is 6.07 Å². The summed E-state index contributed by atoms with van der Waals surface area (Å²) < 4.78 is 19.2. The van der Waals surface area contributed by atoms with Gasteiger partial charge in [-0.25, -0.2) is 0 Å². The molecule has 0 aliphatic carbocycles. The molecule has 1 fully saturated rings. The van der Waals surface area contributed by atoms with E-state index in [1.165, 1.54) is 30.5 Å². The molecule has 0 N–H and O–H groups in total. The number of piperidine rings is 1. The van der Waals surface area contributed by atoms with Gasteiger partial charge < -0.3 is 9.64 Å². The molecule has 116 valence electrons. The molecule has 3 heteroatoms. The van der Waals surface area contributed by atoms with Gasteiger partial charge in [-0.3, -0.25) is 4.39 Å². The molecule has 0 amide bonds. The fourth-order valence-corrected chi connectivity index (χ4v) is 3.81. The first-order valence-electron chi connectivity index (χ1n) is 8.34. The van der Waals surface area contributed by atoms with Crippen molar-refractivity contribution in [2.45, 2.75) is 50.7 Å². The number of hydrogen-bond donors (Lipinski definition) is 0. The fourth-order valence-electron chi connectivity index (χ4n) is 3.81. The van der Waals surface area contributed by atoms with Crippen LogP contribution in [0.5, 0.6) is 0 Å². The molecule has 2 aliphatic rings. The summed E-state index contributed by atoms with van der Waals surface area (Å²) in [6.45, 7) is 5.32. The Bertz CT molecular complexity index is 468. The maximum absolute atomic E-state index is 12.8. The Kier molecular flexibility index (Phi) is 4.60. The Labute approximate surface area is 127 Å². The van der Waals surface area contributed by atoms with E-state index in [0.29, 0.717) is 6.42 Å². The number of nitrogens with zero attached hydrogens (tertiary/aromatic N) is 1. The molecule has 21 heavy (non-hydrogen) atoms. The Balaban J connectivity index is 1.75. The van der Waals surface area contributed by atoms with Gasteiger partial charge in [0, 0.05) is 19.5 Å². The predicted molar refractivity (Wildman–Crippen MR) is 83.1 cm³/mol. The number of fused-ring (bicyclic) bond motifs is 2. The highest BCUT2D eigenvalue weighted by Gasteiger charge is 2.46. The second kappa shape index (κ2) is 6.45. The van der Waals surface area contributed by atoms with Crippen LogP contribution >= 0.6 is 0 Å². The zero-order valence-corrected chi connectivity index (χ0v) is 13.0. The minimum atomic E-state index is -0.308. The first-order chi connectivity index (χ1) is 10.3. The van der Waals surface area contributed by atoms with Crippen molar-refractivity contribution in [1.82, 2.24) is 4.90 Å². The number of halogens is 1. The second-order valence-electron chi connectivity index (χ2n) is 6.36. The van der Waals surface area contributed by atoms with Crippen LogP contribution in [0.2, 0.25) is 0 Å². The number of unbranched alkanes of at least 4 members (excludes halogenated alkanes) is 1. The quantitative estimate of drug-likeness (QED) is 0.806. The van der Waals surface area contributed by atoms with Gasteiger partial charge in [0.2, 0.25) is 0 Å². The van der Waals surface area contributed by atoms with E-state index in [2.05, 4.69) is 30.0 Å². The van der Waals surface area contributed by atoms with Gasteiger partial charge in [-0.1, -0.05) is 37.6 Å². The summed E-state index contributed by atoms with van der Waals surface area (Å²) in [7, 11) is 0. The minimum Gasteiger partial charge on any atom is -0.362 e. The van der Waals surface area contributed by atoms with Crippen molar-refractivity contribution in [2.24, 2.45) is 0 Å². The van der Waals surface area contributed by atoms with Gasteiger partial charge in [0.25, 0.3) is 0 Å². The highest BCUT2D eigenvalue weighted by Crippen LogP contribution is 2.50. The molecule has 0 radical (unpaired) electrons. The van der Waals surface area contributed by atoms with Gasteiger partial charge in [-0.15, -0.1) is 0 Å². The zero-order chi connectivity index (χ0) is 14.7. The van der Waals surface area contributed by atoms with Gasteiger partial charge in [0.15, 0.2) is 0 Å². The van der Waals surface area contributed by atoms with E-state index >= 15 is 0 Å². The van der Waals surface area contributed by atoms with Gasteiger partial charge in [-0.2, -0.15) is 0 Å². The van der Waals surface area contributed by atoms with Crippen LogP contribution in [0.3, 0.4) is 0 Å². The Morgan fingerprint density at radius 3 is 2.76 bits per heavy atom. The molecule has 0 aromatic heterocycles. The molecule has 1 aromatic rings. The number of ether oxygens (including phenoxy) is 1. The molecule has 3 rings (SSSR count). The average Bonchev–Trinajstić information content (AvgIpc) is 2.82. The maximum atomic E-state index is 12.8. The Morgan fingerprint density at radius 1 is 1.29 bits per heavy atom. The summed E-state index contributed by atoms with van der Waals surface area (Å²) in [4.78, 5) is 2.54. The summed E-state index contributed by atoms with van der Waals surface area (Å²) in [6.07, 6.45) is 5.04. The molecule has 2 aliphatic heterocycles. The van der Waals surface area contributed by atoms with Crippen molar-refractivity contribution in [3.63, 3.8) is 0 Å². The van der Waals surface area contributed by atoms with Crippen LogP contribution in [0, 0.1) is 0 Å². The lowest BCUT2D eigenvalue weighted by atomic mass is 9.83. The third kappa shape index (κ3) is 2.86. The van der Waals surface area contributed by atoms with Crippen LogP contribution in [-0.2, 0) is 10.3 Å². The number of hydrogen-bond acceptors (Lipinski definition) is 2. The fraction of sp³-hybridized carbons (Fsp3) is 0.667. The lowest BCUT2D eigenvalue weighted by Crippen LogP contribution is -2.43. The summed E-state index contributed by atoms with van der Waals surface area (Å²) in [5, 5.41) is 0. The van der Waals surface area contributed by atoms with Gasteiger partial charge in [-0.05, 0) is 36.9 Å². The van der Waals surface area contributed by atoms with Gasteiger partial charge in [0.1, 0.15) is 0 Å². The van der Waals surface area contributed by atoms with E-state index in [9.17, 15) is 4.39 Å². The van der Waals surface area contributed by atoms with E-state index in [4.69, 9.17) is 4.74 Å². The lowest BCUT2D eigenvalue weighted by molar-refractivity contribution is -0.112. The van der Waals surface area contributed by atoms with Crippen molar-refractivity contribution in [3.8, 4) is 0 Å². The molecule has 1 saturated heterocycles. The first-order valence-corrected chi connectivity index (χ1v) is 8.34. The molecule has 1 aromatic carbocycles. The van der Waals surface area contributed by atoms with Crippen LogP contribution in [0.1, 0.15) is 56.3 Å². The van der Waals surface area contributed by atoms with Crippen LogP contribution < -0.4 is 0 Å². The number of alkyl halides is 1. The molecule has 1 unspecified atom stereocenters. The monoisotopic (exact) mass is 291 g/mol. The third-order valence-electron chi connectivity index (χ3n) is 5.03. The van der Waals surface area contributed by atoms with E-state index in [1.54, 1.807) is 0 Å². The largest absolute Gasteiger partial charge is 0.362 e. The van der Waals surface area contributed by atoms with Crippen molar-refractivity contribution >= 4 is 0 Å². The molecule has 1 spiro atoms. The van der Waals surface area contributed by atoms with Crippen LogP contribution in [0.25, 0.3) is 0 Å². The van der Waals surface area contributed by atoms with E-state index in [-0.39, 0.29) is 18.4 Å². The van der Waals surface area contributed by atoms with Gasteiger partial charge in [0.05, 0.1) is 18.4 Å². The van der Waals surface area contributed by atoms with Crippen LogP contribution in [-0.4, -0.2) is 31.2 Å². The molecule has 2 heterocycles. The van der Waals surface area contributed by atoms with Crippen LogP contribution in [0.4, 0.5) is 4.39 Å². The number of rotatable bonds is 5. The van der Waals surface area contributed by atoms with E-state index < -0.39 is 0 Å². The first kappa shape index (κ1) is 15.0. The summed E-state index contributed by atoms with van der Waals surface area (Å²) in [6, 6.07) is 8.44. The molecule has 0 bridgehead atoms. The van der Waals surface area contributed by atoms with Gasteiger partial charge >= 0.3 is 0 Å². The van der Waals surface area contributed by atoms with Crippen molar-refractivity contribution < 1.29 is 9.13 Å². The molecular formula is C18H26FNO. The highest BCUT2D eigenvalue weighted by molar-refractivity contribution is 5.38. The van der Waals surface area contributed by atoms with E-state index in [0.717, 1.165) is 25.9 Å². The normalized spacial score (nSPS) is 24.4. The number of likely N-dealkylation sites (tertiary alicyclic amines) is 1. The third-order valence-corrected chi connectivity index (χ3v) is 5.03. The molecule has 2 nitrogen and oxygen atoms in total. The SMILES string of the molecule is CCCCN1CCC2(CC1)OC(CCF)c1ccccc12. The lowest BCUT2D eigenvalue weighted by Gasteiger charge is -2.39. The van der Waals surface area contributed by atoms with Crippen molar-refractivity contribution in [3.05, 3.63) is 35.4 Å². The molecule has 1 atom stereocenters. The van der Waals surface area contributed by atoms with Crippen molar-refractivity contribution in [1.29, 1.82) is 0 Å². The van der Waals surface area contributed by atoms with Crippen molar-refractivity contribution in [2.75, 3.05) is 26.3 Å². The highest BCUT2D eigenvalue weighted by atomic mass is 19.1. The Morgan fingerprint density at radius 2 is 2.05 bits per heavy atom. The van der Waals surface area contributed by atoms with Crippen LogP contribution in [0.15, 0.2) is 24.3 Å². The summed E-state index contributed by atoms with van der Waals surface area (Å²) in [5.41, 5.74) is 2.38. The maximum Gasteiger partial charge on any atom is 0.0967 e. The minimum absolute atomic E-state index is 0.0478. The summed E-state index contributed by atoms with van der Waals surface area (Å²) in [5.74, 6) is 0. The topological polar surface area (TPSA) is 12.5 Å². The molecule has 0 saturated carbocycles.